The standard InChI is InChI=1S/C14H22O/c1-4-11(2)14-9-7-13(8-10-14)6-5-12(3)15/h7,9,11H,4-6,8,10H2,1-3H3. The van der Waals surface area contributed by atoms with Gasteiger partial charge in [-0.1, -0.05) is 37.1 Å². The molecule has 0 aliphatic heterocycles. The van der Waals surface area contributed by atoms with Crippen LogP contribution in [0.4, 0.5) is 0 Å². The van der Waals surface area contributed by atoms with Crippen LogP contribution >= 0.6 is 0 Å². The Labute approximate surface area is 93.3 Å². The van der Waals surface area contributed by atoms with Crippen LogP contribution < -0.4 is 0 Å². The number of carbonyl (C=O) groups excluding carboxylic acids is 1. The quantitative estimate of drug-likeness (QED) is 0.663. The average Bonchev–Trinajstić information content (AvgIpc) is 2.26. The fraction of sp³-hybridized carbons (Fsp3) is 0.643. The summed E-state index contributed by atoms with van der Waals surface area (Å²) in [5.41, 5.74) is 3.02. The minimum absolute atomic E-state index is 0.299. The lowest BCUT2D eigenvalue weighted by Gasteiger charge is -2.18. The van der Waals surface area contributed by atoms with Gasteiger partial charge >= 0.3 is 0 Å². The van der Waals surface area contributed by atoms with Crippen molar-refractivity contribution in [3.63, 3.8) is 0 Å². The zero-order valence-corrected chi connectivity index (χ0v) is 10.2. The number of Topliss-reactive ketones (excluding diaryl/α,β-unsaturated/α-hetero) is 1. The summed E-state index contributed by atoms with van der Waals surface area (Å²) in [6.45, 7) is 6.20. The number of allylic oxidation sites excluding steroid dienone is 4. The minimum Gasteiger partial charge on any atom is -0.300 e. The molecule has 84 valence electrons. The maximum absolute atomic E-state index is 10.9. The fourth-order valence-corrected chi connectivity index (χ4v) is 1.91. The van der Waals surface area contributed by atoms with Crippen LogP contribution in [0.3, 0.4) is 0 Å². The number of hydrogen-bond acceptors (Lipinski definition) is 1. The van der Waals surface area contributed by atoms with Gasteiger partial charge in [-0.3, -0.25) is 0 Å². The van der Waals surface area contributed by atoms with Gasteiger partial charge in [-0.2, -0.15) is 0 Å². The van der Waals surface area contributed by atoms with Crippen molar-refractivity contribution in [2.45, 2.75) is 52.9 Å². The van der Waals surface area contributed by atoms with Gasteiger partial charge in [0.1, 0.15) is 5.78 Å². The Kier molecular flexibility index (Phi) is 4.80. The van der Waals surface area contributed by atoms with Crippen molar-refractivity contribution in [2.24, 2.45) is 5.92 Å². The van der Waals surface area contributed by atoms with Crippen LogP contribution in [0, 0.1) is 5.92 Å². The first kappa shape index (κ1) is 12.2. The van der Waals surface area contributed by atoms with Crippen LogP contribution in [0.1, 0.15) is 52.9 Å². The summed E-state index contributed by atoms with van der Waals surface area (Å²) < 4.78 is 0. The predicted octanol–water partition coefficient (Wildman–Crippen LogP) is 4.05. The highest BCUT2D eigenvalue weighted by Crippen LogP contribution is 2.27. The van der Waals surface area contributed by atoms with E-state index in [1.807, 2.05) is 0 Å². The van der Waals surface area contributed by atoms with Gasteiger partial charge in [0.2, 0.25) is 0 Å². The van der Waals surface area contributed by atoms with E-state index in [-0.39, 0.29) is 0 Å². The van der Waals surface area contributed by atoms with Crippen molar-refractivity contribution in [3.05, 3.63) is 23.3 Å². The maximum atomic E-state index is 10.9. The van der Waals surface area contributed by atoms with E-state index >= 15 is 0 Å². The maximum Gasteiger partial charge on any atom is 0.130 e. The Bertz CT molecular complexity index is 284. The highest BCUT2D eigenvalue weighted by Gasteiger charge is 2.11. The normalized spacial score (nSPS) is 18.1. The molecule has 1 atom stereocenters. The molecule has 0 aromatic rings. The summed E-state index contributed by atoms with van der Waals surface area (Å²) in [6.07, 6.45) is 9.74. The van der Waals surface area contributed by atoms with Crippen molar-refractivity contribution < 1.29 is 4.79 Å². The lowest BCUT2D eigenvalue weighted by atomic mass is 9.87. The third-order valence-corrected chi connectivity index (χ3v) is 3.31. The summed E-state index contributed by atoms with van der Waals surface area (Å²) in [5, 5.41) is 0. The van der Waals surface area contributed by atoms with E-state index < -0.39 is 0 Å². The zero-order valence-electron chi connectivity index (χ0n) is 10.2. The highest BCUT2D eigenvalue weighted by molar-refractivity contribution is 5.75. The summed E-state index contributed by atoms with van der Waals surface area (Å²) >= 11 is 0. The second-order valence-electron chi connectivity index (χ2n) is 4.58. The number of carbonyl (C=O) groups is 1. The summed E-state index contributed by atoms with van der Waals surface area (Å²) in [7, 11) is 0. The second-order valence-corrected chi connectivity index (χ2v) is 4.58. The van der Waals surface area contributed by atoms with Gasteiger partial charge in [0.25, 0.3) is 0 Å². The predicted molar refractivity (Wildman–Crippen MR) is 64.8 cm³/mol. The molecule has 0 aromatic heterocycles. The molecule has 0 saturated carbocycles. The van der Waals surface area contributed by atoms with Gasteiger partial charge in [0.15, 0.2) is 0 Å². The molecule has 1 unspecified atom stereocenters. The molecule has 1 aliphatic rings. The molecule has 1 nitrogen and oxygen atoms in total. The van der Waals surface area contributed by atoms with E-state index in [1.54, 1.807) is 12.5 Å². The molecule has 15 heavy (non-hydrogen) atoms. The van der Waals surface area contributed by atoms with E-state index in [0.29, 0.717) is 12.2 Å². The second kappa shape index (κ2) is 5.89. The average molecular weight is 206 g/mol. The van der Waals surface area contributed by atoms with Gasteiger partial charge in [-0.05, 0) is 38.5 Å². The molecule has 0 aromatic carbocycles. The SMILES string of the molecule is CCC(C)C1=CC=C(CCC(C)=O)CC1. The first-order chi connectivity index (χ1) is 7.13. The molecule has 1 aliphatic carbocycles. The Morgan fingerprint density at radius 2 is 2.13 bits per heavy atom. The first-order valence-electron chi connectivity index (χ1n) is 6.01. The summed E-state index contributed by atoms with van der Waals surface area (Å²) in [6, 6.07) is 0. The third-order valence-electron chi connectivity index (χ3n) is 3.31. The van der Waals surface area contributed by atoms with E-state index in [2.05, 4.69) is 26.0 Å². The lowest BCUT2D eigenvalue weighted by Crippen LogP contribution is -2.03. The molecule has 0 heterocycles. The summed E-state index contributed by atoms with van der Waals surface area (Å²) in [4.78, 5) is 10.9. The fourth-order valence-electron chi connectivity index (χ4n) is 1.91. The highest BCUT2D eigenvalue weighted by atomic mass is 16.1. The van der Waals surface area contributed by atoms with Crippen molar-refractivity contribution >= 4 is 5.78 Å². The summed E-state index contributed by atoms with van der Waals surface area (Å²) in [5.74, 6) is 1.02. The van der Waals surface area contributed by atoms with E-state index in [0.717, 1.165) is 18.8 Å². The van der Waals surface area contributed by atoms with Crippen molar-refractivity contribution in [2.75, 3.05) is 0 Å². The lowest BCUT2D eigenvalue weighted by molar-refractivity contribution is -0.116. The van der Waals surface area contributed by atoms with Gasteiger partial charge < -0.3 is 4.79 Å². The Hall–Kier alpha value is -0.850. The third kappa shape index (κ3) is 4.03. The van der Waals surface area contributed by atoms with Crippen LogP contribution in [-0.2, 0) is 4.79 Å². The monoisotopic (exact) mass is 206 g/mol. The van der Waals surface area contributed by atoms with Crippen LogP contribution in [0.2, 0.25) is 0 Å². The first-order valence-corrected chi connectivity index (χ1v) is 6.01. The smallest absolute Gasteiger partial charge is 0.130 e. The van der Waals surface area contributed by atoms with Crippen molar-refractivity contribution in [1.29, 1.82) is 0 Å². The van der Waals surface area contributed by atoms with Gasteiger partial charge in [-0.25, -0.2) is 0 Å². The number of rotatable bonds is 5. The largest absolute Gasteiger partial charge is 0.300 e. The molecule has 0 amide bonds. The van der Waals surface area contributed by atoms with Gasteiger partial charge in [-0.15, -0.1) is 0 Å². The molecule has 0 radical (unpaired) electrons. The van der Waals surface area contributed by atoms with Crippen molar-refractivity contribution in [3.8, 4) is 0 Å². The van der Waals surface area contributed by atoms with E-state index in [9.17, 15) is 4.79 Å². The van der Waals surface area contributed by atoms with Crippen molar-refractivity contribution in [1.82, 2.24) is 0 Å². The number of ketones is 1. The van der Waals surface area contributed by atoms with Crippen LogP contribution in [0.5, 0.6) is 0 Å². The minimum atomic E-state index is 0.299. The number of hydrogen-bond donors (Lipinski definition) is 0. The molecule has 0 saturated heterocycles. The molecule has 0 N–H and O–H groups in total. The Morgan fingerprint density at radius 1 is 1.40 bits per heavy atom. The molecule has 1 heteroatoms. The van der Waals surface area contributed by atoms with Gasteiger partial charge in [0.05, 0.1) is 0 Å². The Morgan fingerprint density at radius 3 is 2.60 bits per heavy atom. The molecule has 0 fully saturated rings. The molecular formula is C14H22O. The van der Waals surface area contributed by atoms with Gasteiger partial charge in [0, 0.05) is 6.42 Å². The topological polar surface area (TPSA) is 17.1 Å². The van der Waals surface area contributed by atoms with E-state index in [4.69, 9.17) is 0 Å². The van der Waals surface area contributed by atoms with E-state index in [1.165, 1.54) is 18.4 Å². The van der Waals surface area contributed by atoms with Crippen LogP contribution in [0.25, 0.3) is 0 Å². The van der Waals surface area contributed by atoms with Crippen LogP contribution in [0.15, 0.2) is 23.3 Å². The zero-order chi connectivity index (χ0) is 11.3. The molecule has 0 bridgehead atoms. The molecule has 1 rings (SSSR count). The molecule has 0 spiro atoms. The molecular weight excluding hydrogens is 184 g/mol. The van der Waals surface area contributed by atoms with Crippen LogP contribution in [-0.4, -0.2) is 5.78 Å². The Balaban J connectivity index is 2.48.